The number of hydrogen-bond donors (Lipinski definition) is 0. The van der Waals surface area contributed by atoms with Crippen molar-refractivity contribution in [1.82, 2.24) is 0 Å². The van der Waals surface area contributed by atoms with E-state index in [1.807, 2.05) is 20.8 Å². The van der Waals surface area contributed by atoms with Gasteiger partial charge >= 0.3 is 5.97 Å². The van der Waals surface area contributed by atoms with Gasteiger partial charge in [0, 0.05) is 6.61 Å². The Bertz CT molecular complexity index is 294. The average molecular weight is 318 g/mol. The fourth-order valence-electron chi connectivity index (χ4n) is 1.95. The van der Waals surface area contributed by atoms with Crippen molar-refractivity contribution in [3.05, 3.63) is 0 Å². The van der Waals surface area contributed by atoms with Gasteiger partial charge in [0.25, 0.3) is 0 Å². The van der Waals surface area contributed by atoms with E-state index in [4.69, 9.17) is 23.7 Å². The standard InChI is InChI=1S/C16H30O6/c1-16(2,3)22-14(17)7-9-18-10-11-19-12-13-21-15-6-4-5-8-20-15/h15H,4-13H2,1-3H3. The lowest BCUT2D eigenvalue weighted by Gasteiger charge is -2.22. The first-order valence-electron chi connectivity index (χ1n) is 8.08. The number of carbonyl (C=O) groups excluding carboxylic acids is 1. The largest absolute Gasteiger partial charge is 0.460 e. The molecule has 0 radical (unpaired) electrons. The third-order valence-electron chi connectivity index (χ3n) is 2.91. The van der Waals surface area contributed by atoms with Gasteiger partial charge in [-0.3, -0.25) is 4.79 Å². The lowest BCUT2D eigenvalue weighted by Crippen LogP contribution is -2.25. The summed E-state index contributed by atoms with van der Waals surface area (Å²) in [4.78, 5) is 11.4. The van der Waals surface area contributed by atoms with Crippen LogP contribution in [0.5, 0.6) is 0 Å². The van der Waals surface area contributed by atoms with Crippen LogP contribution in [-0.4, -0.2) is 57.5 Å². The first kappa shape index (κ1) is 19.4. The van der Waals surface area contributed by atoms with Crippen molar-refractivity contribution >= 4 is 5.97 Å². The zero-order chi connectivity index (χ0) is 16.3. The highest BCUT2D eigenvalue weighted by Gasteiger charge is 2.15. The summed E-state index contributed by atoms with van der Waals surface area (Å²) in [5.41, 5.74) is -0.442. The quantitative estimate of drug-likeness (QED) is 0.455. The van der Waals surface area contributed by atoms with Crippen LogP contribution in [0, 0.1) is 0 Å². The van der Waals surface area contributed by atoms with Crippen LogP contribution in [0.4, 0.5) is 0 Å². The Morgan fingerprint density at radius 2 is 1.73 bits per heavy atom. The number of ether oxygens (including phenoxy) is 5. The monoisotopic (exact) mass is 318 g/mol. The summed E-state index contributed by atoms with van der Waals surface area (Å²) >= 11 is 0. The van der Waals surface area contributed by atoms with Crippen molar-refractivity contribution < 1.29 is 28.5 Å². The number of hydrogen-bond acceptors (Lipinski definition) is 6. The second kappa shape index (κ2) is 10.9. The highest BCUT2D eigenvalue weighted by Crippen LogP contribution is 2.13. The van der Waals surface area contributed by atoms with Crippen molar-refractivity contribution in [2.45, 2.75) is 58.3 Å². The zero-order valence-electron chi connectivity index (χ0n) is 14.1. The van der Waals surface area contributed by atoms with E-state index in [-0.39, 0.29) is 18.7 Å². The van der Waals surface area contributed by atoms with Crippen LogP contribution < -0.4 is 0 Å². The maximum atomic E-state index is 11.4. The lowest BCUT2D eigenvalue weighted by atomic mass is 10.2. The van der Waals surface area contributed by atoms with Crippen LogP contribution >= 0.6 is 0 Å². The lowest BCUT2D eigenvalue weighted by molar-refractivity contribution is -0.169. The third kappa shape index (κ3) is 11.0. The average Bonchev–Trinajstić information content (AvgIpc) is 2.44. The predicted molar refractivity (Wildman–Crippen MR) is 81.6 cm³/mol. The van der Waals surface area contributed by atoms with Crippen LogP contribution in [0.15, 0.2) is 0 Å². The molecule has 0 spiro atoms. The molecule has 0 aromatic heterocycles. The van der Waals surface area contributed by atoms with E-state index in [9.17, 15) is 4.79 Å². The third-order valence-corrected chi connectivity index (χ3v) is 2.91. The zero-order valence-corrected chi connectivity index (χ0v) is 14.1. The fraction of sp³-hybridized carbons (Fsp3) is 0.938. The summed E-state index contributed by atoms with van der Waals surface area (Å²) in [6, 6.07) is 0. The van der Waals surface area contributed by atoms with Gasteiger partial charge in [-0.2, -0.15) is 0 Å². The van der Waals surface area contributed by atoms with Crippen molar-refractivity contribution in [3.63, 3.8) is 0 Å². The molecule has 1 aliphatic rings. The molecule has 0 aliphatic carbocycles. The van der Waals surface area contributed by atoms with Gasteiger partial charge in [0.15, 0.2) is 6.29 Å². The molecule has 0 bridgehead atoms. The molecule has 0 aromatic carbocycles. The maximum absolute atomic E-state index is 11.4. The molecule has 0 amide bonds. The predicted octanol–water partition coefficient (Wildman–Crippen LogP) is 2.29. The SMILES string of the molecule is CC(C)(C)OC(=O)CCOCCOCCOC1CCCCO1. The molecule has 0 saturated carbocycles. The van der Waals surface area contributed by atoms with E-state index in [2.05, 4.69) is 0 Å². The van der Waals surface area contributed by atoms with Gasteiger partial charge in [0.1, 0.15) is 5.60 Å². The maximum Gasteiger partial charge on any atom is 0.308 e. The summed E-state index contributed by atoms with van der Waals surface area (Å²) in [5.74, 6) is -0.241. The van der Waals surface area contributed by atoms with E-state index in [0.717, 1.165) is 25.9 Å². The molecular formula is C16H30O6. The van der Waals surface area contributed by atoms with Crippen molar-refractivity contribution in [2.75, 3.05) is 39.6 Å². The normalized spacial score (nSPS) is 19.1. The van der Waals surface area contributed by atoms with Crippen LogP contribution in [-0.2, 0) is 28.5 Å². The number of esters is 1. The molecule has 1 aliphatic heterocycles. The van der Waals surface area contributed by atoms with Gasteiger partial charge in [-0.25, -0.2) is 0 Å². The highest BCUT2D eigenvalue weighted by molar-refractivity contribution is 5.69. The van der Waals surface area contributed by atoms with Gasteiger partial charge in [0.2, 0.25) is 0 Å². The summed E-state index contributed by atoms with van der Waals surface area (Å²) < 4.78 is 26.9. The molecule has 130 valence electrons. The van der Waals surface area contributed by atoms with Crippen LogP contribution in [0.3, 0.4) is 0 Å². The Balaban J connectivity index is 1.82. The second-order valence-corrected chi connectivity index (χ2v) is 6.23. The second-order valence-electron chi connectivity index (χ2n) is 6.23. The molecule has 1 atom stereocenters. The van der Waals surface area contributed by atoms with Crippen LogP contribution in [0.25, 0.3) is 0 Å². The van der Waals surface area contributed by atoms with Gasteiger partial charge in [-0.15, -0.1) is 0 Å². The van der Waals surface area contributed by atoms with Crippen molar-refractivity contribution in [2.24, 2.45) is 0 Å². The Morgan fingerprint density at radius 1 is 1.05 bits per heavy atom. The molecule has 1 saturated heterocycles. The minimum atomic E-state index is -0.442. The van der Waals surface area contributed by atoms with Gasteiger partial charge in [-0.1, -0.05) is 0 Å². The number of rotatable bonds is 10. The summed E-state index contributed by atoms with van der Waals surface area (Å²) in [6.07, 6.45) is 3.45. The first-order chi connectivity index (χ1) is 10.5. The van der Waals surface area contributed by atoms with E-state index in [1.54, 1.807) is 0 Å². The van der Waals surface area contributed by atoms with E-state index < -0.39 is 5.60 Å². The van der Waals surface area contributed by atoms with Gasteiger partial charge in [-0.05, 0) is 40.0 Å². The van der Waals surface area contributed by atoms with Crippen molar-refractivity contribution in [1.29, 1.82) is 0 Å². The Hall–Kier alpha value is -0.690. The molecule has 1 heterocycles. The van der Waals surface area contributed by atoms with E-state index >= 15 is 0 Å². The molecule has 22 heavy (non-hydrogen) atoms. The first-order valence-corrected chi connectivity index (χ1v) is 8.08. The fourth-order valence-corrected chi connectivity index (χ4v) is 1.95. The Morgan fingerprint density at radius 3 is 2.36 bits per heavy atom. The summed E-state index contributed by atoms with van der Waals surface area (Å²) in [5, 5.41) is 0. The summed E-state index contributed by atoms with van der Waals surface area (Å²) in [6.45, 7) is 8.69. The molecule has 0 aromatic rings. The highest BCUT2D eigenvalue weighted by atomic mass is 16.7. The van der Waals surface area contributed by atoms with E-state index in [1.165, 1.54) is 0 Å². The molecule has 6 heteroatoms. The van der Waals surface area contributed by atoms with Crippen LogP contribution in [0.1, 0.15) is 46.5 Å². The number of carbonyl (C=O) groups is 1. The molecule has 1 fully saturated rings. The topological polar surface area (TPSA) is 63.2 Å². The molecule has 0 N–H and O–H groups in total. The van der Waals surface area contributed by atoms with E-state index in [0.29, 0.717) is 33.0 Å². The van der Waals surface area contributed by atoms with Crippen molar-refractivity contribution in [3.8, 4) is 0 Å². The Kier molecular flexibility index (Phi) is 9.63. The van der Waals surface area contributed by atoms with Gasteiger partial charge in [0.05, 0.1) is 39.5 Å². The minimum Gasteiger partial charge on any atom is -0.460 e. The molecule has 1 unspecified atom stereocenters. The van der Waals surface area contributed by atoms with Crippen LogP contribution in [0.2, 0.25) is 0 Å². The minimum absolute atomic E-state index is 0.0672. The van der Waals surface area contributed by atoms with Gasteiger partial charge < -0.3 is 23.7 Å². The molecular weight excluding hydrogens is 288 g/mol. The summed E-state index contributed by atoms with van der Waals surface area (Å²) in [7, 11) is 0. The smallest absolute Gasteiger partial charge is 0.308 e. The molecule has 1 rings (SSSR count). The Labute approximate surface area is 133 Å². The molecule has 6 nitrogen and oxygen atoms in total.